The Morgan fingerprint density at radius 2 is 2.29 bits per heavy atom. The second-order valence-electron chi connectivity index (χ2n) is 3.97. The molecule has 0 saturated carbocycles. The molecule has 1 heterocycles. The quantitative estimate of drug-likeness (QED) is 0.842. The molecular formula is C11H14FN5. The van der Waals surface area contributed by atoms with Crippen LogP contribution < -0.4 is 5.32 Å². The van der Waals surface area contributed by atoms with E-state index in [0.29, 0.717) is 17.9 Å². The van der Waals surface area contributed by atoms with Crippen molar-refractivity contribution < 1.29 is 4.39 Å². The van der Waals surface area contributed by atoms with Gasteiger partial charge in [0.25, 0.3) is 0 Å². The third-order valence-electron chi connectivity index (χ3n) is 2.55. The molecule has 90 valence electrons. The van der Waals surface area contributed by atoms with E-state index < -0.39 is 0 Å². The fourth-order valence-electron chi connectivity index (χ4n) is 1.55. The average molecular weight is 235 g/mol. The minimum atomic E-state index is -0.205. The second-order valence-corrected chi connectivity index (χ2v) is 3.97. The molecule has 1 unspecified atom stereocenters. The van der Waals surface area contributed by atoms with Crippen molar-refractivity contribution in [3.63, 3.8) is 0 Å². The van der Waals surface area contributed by atoms with Gasteiger partial charge in [0.05, 0.1) is 6.04 Å². The van der Waals surface area contributed by atoms with Crippen LogP contribution in [0.4, 0.5) is 4.39 Å². The molecule has 1 atom stereocenters. The van der Waals surface area contributed by atoms with Crippen molar-refractivity contribution in [2.75, 3.05) is 0 Å². The maximum atomic E-state index is 13.5. The molecule has 1 aromatic carbocycles. The molecule has 0 fully saturated rings. The van der Waals surface area contributed by atoms with E-state index in [0.717, 1.165) is 5.56 Å². The molecule has 2 rings (SSSR count). The lowest BCUT2D eigenvalue weighted by Gasteiger charge is -2.10. The zero-order valence-electron chi connectivity index (χ0n) is 9.74. The summed E-state index contributed by atoms with van der Waals surface area (Å²) in [6.07, 6.45) is 0. The van der Waals surface area contributed by atoms with Crippen LogP contribution in [0.5, 0.6) is 0 Å². The van der Waals surface area contributed by atoms with Crippen molar-refractivity contribution in [3.05, 3.63) is 41.0 Å². The van der Waals surface area contributed by atoms with Gasteiger partial charge < -0.3 is 5.32 Å². The van der Waals surface area contributed by atoms with Gasteiger partial charge in [-0.1, -0.05) is 22.9 Å². The first-order valence-electron chi connectivity index (χ1n) is 5.38. The largest absolute Gasteiger partial charge is 0.303 e. The normalized spacial score (nSPS) is 12.6. The Morgan fingerprint density at radius 1 is 1.47 bits per heavy atom. The van der Waals surface area contributed by atoms with Crippen molar-refractivity contribution >= 4 is 0 Å². The minimum Gasteiger partial charge on any atom is -0.303 e. The predicted molar refractivity (Wildman–Crippen MR) is 60.6 cm³/mol. The van der Waals surface area contributed by atoms with Gasteiger partial charge >= 0.3 is 0 Å². The van der Waals surface area contributed by atoms with Crippen molar-refractivity contribution in [1.82, 2.24) is 25.9 Å². The van der Waals surface area contributed by atoms with E-state index in [1.165, 1.54) is 6.07 Å². The fraction of sp³-hybridized carbons (Fsp3) is 0.364. The average Bonchev–Trinajstić information content (AvgIpc) is 2.83. The number of aromatic nitrogens is 4. The smallest absolute Gasteiger partial charge is 0.191 e. The third-order valence-corrected chi connectivity index (χ3v) is 2.55. The number of H-pyrrole nitrogens is 1. The van der Waals surface area contributed by atoms with Crippen LogP contribution in [0.2, 0.25) is 0 Å². The number of hydrogen-bond donors (Lipinski definition) is 2. The molecule has 0 amide bonds. The van der Waals surface area contributed by atoms with Crippen molar-refractivity contribution in [2.24, 2.45) is 0 Å². The van der Waals surface area contributed by atoms with Gasteiger partial charge in [-0.05, 0) is 19.9 Å². The lowest BCUT2D eigenvalue weighted by molar-refractivity contribution is 0.525. The highest BCUT2D eigenvalue weighted by Crippen LogP contribution is 2.11. The van der Waals surface area contributed by atoms with Crippen LogP contribution in [-0.4, -0.2) is 20.6 Å². The number of benzene rings is 1. The lowest BCUT2D eigenvalue weighted by Crippen LogP contribution is -2.20. The highest BCUT2D eigenvalue weighted by molar-refractivity contribution is 5.24. The Kier molecular flexibility index (Phi) is 3.43. The summed E-state index contributed by atoms with van der Waals surface area (Å²) in [7, 11) is 0. The van der Waals surface area contributed by atoms with Gasteiger partial charge in [0.1, 0.15) is 5.82 Å². The Morgan fingerprint density at radius 3 is 3.00 bits per heavy atom. The first-order valence-corrected chi connectivity index (χ1v) is 5.38. The summed E-state index contributed by atoms with van der Waals surface area (Å²) >= 11 is 0. The van der Waals surface area contributed by atoms with E-state index in [1.54, 1.807) is 6.07 Å². The van der Waals surface area contributed by atoms with E-state index in [9.17, 15) is 4.39 Å². The molecule has 6 heteroatoms. The molecule has 1 aromatic heterocycles. The summed E-state index contributed by atoms with van der Waals surface area (Å²) < 4.78 is 13.5. The summed E-state index contributed by atoms with van der Waals surface area (Å²) in [6, 6.07) is 4.98. The monoisotopic (exact) mass is 235 g/mol. The first-order chi connectivity index (χ1) is 8.16. The van der Waals surface area contributed by atoms with Gasteiger partial charge in [0.15, 0.2) is 5.82 Å². The Labute approximate surface area is 98.4 Å². The zero-order valence-corrected chi connectivity index (χ0v) is 9.74. The minimum absolute atomic E-state index is 0.0753. The van der Waals surface area contributed by atoms with E-state index >= 15 is 0 Å². The van der Waals surface area contributed by atoms with Crippen LogP contribution in [0.1, 0.15) is 29.9 Å². The van der Waals surface area contributed by atoms with Gasteiger partial charge in [0.2, 0.25) is 0 Å². The first kappa shape index (κ1) is 11.7. The Bertz CT molecular complexity index is 483. The number of aryl methyl sites for hydroxylation is 1. The van der Waals surface area contributed by atoms with Crippen molar-refractivity contribution in [1.29, 1.82) is 0 Å². The number of nitrogens with zero attached hydrogens (tertiary/aromatic N) is 3. The SMILES string of the molecule is Cc1ccc(F)c(CNC(C)c2nn[nH]n2)c1. The topological polar surface area (TPSA) is 66.5 Å². The third kappa shape index (κ3) is 2.85. The van der Waals surface area contributed by atoms with Crippen LogP contribution in [0.25, 0.3) is 0 Å². The molecule has 2 aromatic rings. The van der Waals surface area contributed by atoms with E-state index in [-0.39, 0.29) is 11.9 Å². The number of rotatable bonds is 4. The van der Waals surface area contributed by atoms with Gasteiger partial charge in [0, 0.05) is 12.1 Å². The predicted octanol–water partition coefficient (Wildman–Crippen LogP) is 1.50. The van der Waals surface area contributed by atoms with E-state index in [1.807, 2.05) is 19.9 Å². The highest BCUT2D eigenvalue weighted by Gasteiger charge is 2.10. The molecule has 0 radical (unpaired) electrons. The van der Waals surface area contributed by atoms with Crippen LogP contribution in [0.15, 0.2) is 18.2 Å². The molecule has 0 spiro atoms. The summed E-state index contributed by atoms with van der Waals surface area (Å²) in [5.41, 5.74) is 1.68. The number of aromatic amines is 1. The second kappa shape index (κ2) is 5.01. The molecule has 0 aliphatic carbocycles. The van der Waals surface area contributed by atoms with Crippen LogP contribution in [0, 0.1) is 12.7 Å². The maximum absolute atomic E-state index is 13.5. The molecule has 0 saturated heterocycles. The summed E-state index contributed by atoms with van der Waals surface area (Å²) in [5.74, 6) is 0.362. The van der Waals surface area contributed by atoms with Crippen LogP contribution in [-0.2, 0) is 6.54 Å². The lowest BCUT2D eigenvalue weighted by atomic mass is 10.1. The van der Waals surface area contributed by atoms with Gasteiger partial charge in [-0.15, -0.1) is 10.2 Å². The molecule has 5 nitrogen and oxygen atoms in total. The van der Waals surface area contributed by atoms with Crippen molar-refractivity contribution in [3.8, 4) is 0 Å². The maximum Gasteiger partial charge on any atom is 0.191 e. The number of hydrogen-bond acceptors (Lipinski definition) is 4. The van der Waals surface area contributed by atoms with Gasteiger partial charge in [-0.25, -0.2) is 4.39 Å². The molecule has 17 heavy (non-hydrogen) atoms. The molecule has 0 aliphatic rings. The number of halogens is 1. The van der Waals surface area contributed by atoms with Crippen LogP contribution in [0.3, 0.4) is 0 Å². The van der Waals surface area contributed by atoms with Crippen molar-refractivity contribution in [2.45, 2.75) is 26.4 Å². The standard InChI is InChI=1S/C11H14FN5/c1-7-3-4-10(12)9(5-7)6-13-8(2)11-14-16-17-15-11/h3-5,8,13H,6H2,1-2H3,(H,14,15,16,17). The fourth-order valence-corrected chi connectivity index (χ4v) is 1.55. The molecular weight excluding hydrogens is 221 g/mol. The summed E-state index contributed by atoms with van der Waals surface area (Å²) in [6.45, 7) is 4.27. The summed E-state index contributed by atoms with van der Waals surface area (Å²) in [4.78, 5) is 0. The van der Waals surface area contributed by atoms with Gasteiger partial charge in [-0.2, -0.15) is 5.21 Å². The highest BCUT2D eigenvalue weighted by atomic mass is 19.1. The number of tetrazole rings is 1. The number of nitrogens with one attached hydrogen (secondary N) is 2. The van der Waals surface area contributed by atoms with Crippen LogP contribution >= 0.6 is 0 Å². The molecule has 0 bridgehead atoms. The molecule has 0 aliphatic heterocycles. The Hall–Kier alpha value is -1.82. The van der Waals surface area contributed by atoms with E-state index in [4.69, 9.17) is 0 Å². The molecule has 2 N–H and O–H groups in total. The van der Waals surface area contributed by atoms with Gasteiger partial charge in [-0.3, -0.25) is 0 Å². The summed E-state index contributed by atoms with van der Waals surface area (Å²) in [5, 5.41) is 16.7. The zero-order chi connectivity index (χ0) is 12.3. The van der Waals surface area contributed by atoms with E-state index in [2.05, 4.69) is 25.9 Å². The Balaban J connectivity index is 2.00.